The first kappa shape index (κ1) is 13.8. The van der Waals surface area contributed by atoms with Gasteiger partial charge in [0.1, 0.15) is 5.82 Å². The molecule has 1 aromatic carbocycles. The van der Waals surface area contributed by atoms with Gasteiger partial charge in [0.15, 0.2) is 0 Å². The molecule has 2 rings (SSSR count). The average molecular weight is 266 g/mol. The minimum Gasteiger partial charge on any atom is -0.478 e. The van der Waals surface area contributed by atoms with Crippen molar-refractivity contribution in [3.8, 4) is 0 Å². The molecule has 1 unspecified atom stereocenters. The number of aromatic carboxylic acids is 1. The molecule has 5 heteroatoms. The Balaban J connectivity index is 2.16. The Hall–Kier alpha value is -1.62. The highest BCUT2D eigenvalue weighted by atomic mass is 19.1. The lowest BCUT2D eigenvalue weighted by molar-refractivity contribution is 0.0697. The van der Waals surface area contributed by atoms with Crippen LogP contribution >= 0.6 is 0 Å². The molecule has 1 aromatic rings. The number of carboxylic acid groups (broad SMARTS) is 1. The van der Waals surface area contributed by atoms with Crippen molar-refractivity contribution in [1.82, 2.24) is 4.90 Å². The van der Waals surface area contributed by atoms with E-state index >= 15 is 0 Å². The summed E-state index contributed by atoms with van der Waals surface area (Å²) in [7, 11) is 0. The van der Waals surface area contributed by atoms with E-state index in [1.165, 1.54) is 18.2 Å². The number of hydrogen-bond donors (Lipinski definition) is 2. The van der Waals surface area contributed by atoms with Crippen LogP contribution in [0.4, 0.5) is 10.1 Å². The summed E-state index contributed by atoms with van der Waals surface area (Å²) in [4.78, 5) is 13.4. The Bertz CT molecular complexity index is 465. The van der Waals surface area contributed by atoms with E-state index in [1.54, 1.807) is 0 Å². The molecule has 0 saturated carbocycles. The van der Waals surface area contributed by atoms with E-state index in [1.807, 2.05) is 0 Å². The molecule has 1 aliphatic heterocycles. The topological polar surface area (TPSA) is 52.6 Å². The van der Waals surface area contributed by atoms with Gasteiger partial charge in [-0.25, -0.2) is 9.18 Å². The second-order valence-corrected chi connectivity index (χ2v) is 4.84. The predicted octanol–water partition coefficient (Wildman–Crippen LogP) is 2.42. The third-order valence-corrected chi connectivity index (χ3v) is 3.55. The lowest BCUT2D eigenvalue weighted by Gasteiger charge is -2.33. The highest BCUT2D eigenvalue weighted by Gasteiger charge is 2.22. The van der Waals surface area contributed by atoms with Gasteiger partial charge in [-0.2, -0.15) is 0 Å². The van der Waals surface area contributed by atoms with Gasteiger partial charge in [-0.05, 0) is 38.1 Å². The van der Waals surface area contributed by atoms with Crippen LogP contribution in [0.15, 0.2) is 18.2 Å². The maximum atomic E-state index is 13.8. The Kier molecular flexibility index (Phi) is 4.37. The minimum absolute atomic E-state index is 0.00591. The lowest BCUT2D eigenvalue weighted by atomic mass is 10.0. The van der Waals surface area contributed by atoms with Crippen molar-refractivity contribution >= 4 is 11.7 Å². The van der Waals surface area contributed by atoms with Crippen molar-refractivity contribution < 1.29 is 14.3 Å². The maximum Gasteiger partial charge on any atom is 0.337 e. The number of carboxylic acids is 1. The first-order chi connectivity index (χ1) is 9.11. The number of anilines is 1. The van der Waals surface area contributed by atoms with Crippen molar-refractivity contribution in [2.24, 2.45) is 0 Å². The second kappa shape index (κ2) is 6.02. The number of nitrogens with zero attached hydrogens (tertiary/aromatic N) is 1. The fourth-order valence-corrected chi connectivity index (χ4v) is 2.51. The van der Waals surface area contributed by atoms with Crippen LogP contribution in [0.2, 0.25) is 0 Å². The normalized spacial score (nSPS) is 20.2. The number of para-hydroxylation sites is 1. The van der Waals surface area contributed by atoms with Crippen LogP contribution in [0, 0.1) is 5.82 Å². The summed E-state index contributed by atoms with van der Waals surface area (Å²) in [6, 6.07) is 4.23. The number of likely N-dealkylation sites (tertiary alicyclic amines) is 1. The van der Waals surface area contributed by atoms with Gasteiger partial charge in [-0.15, -0.1) is 0 Å². The Morgan fingerprint density at radius 2 is 2.37 bits per heavy atom. The van der Waals surface area contributed by atoms with E-state index in [2.05, 4.69) is 17.1 Å². The summed E-state index contributed by atoms with van der Waals surface area (Å²) in [6.45, 7) is 4.93. The van der Waals surface area contributed by atoms with Gasteiger partial charge in [0.25, 0.3) is 0 Å². The molecule has 1 fully saturated rings. The molecule has 0 aromatic heterocycles. The Morgan fingerprint density at radius 3 is 3.05 bits per heavy atom. The SMILES string of the molecule is CCN1CCCC(Nc2c(F)cccc2C(=O)O)C1. The van der Waals surface area contributed by atoms with Gasteiger partial charge in [-0.3, -0.25) is 0 Å². The van der Waals surface area contributed by atoms with Crippen LogP contribution in [0.5, 0.6) is 0 Å². The van der Waals surface area contributed by atoms with Gasteiger partial charge in [0.05, 0.1) is 11.3 Å². The van der Waals surface area contributed by atoms with Gasteiger partial charge in [-0.1, -0.05) is 13.0 Å². The fourth-order valence-electron chi connectivity index (χ4n) is 2.51. The zero-order valence-electron chi connectivity index (χ0n) is 11.0. The van der Waals surface area contributed by atoms with E-state index in [0.717, 1.165) is 32.5 Å². The number of benzene rings is 1. The van der Waals surface area contributed by atoms with Crippen LogP contribution in [-0.2, 0) is 0 Å². The quantitative estimate of drug-likeness (QED) is 0.878. The van der Waals surface area contributed by atoms with Gasteiger partial charge >= 0.3 is 5.97 Å². The molecule has 2 N–H and O–H groups in total. The summed E-state index contributed by atoms with van der Waals surface area (Å²) in [5.41, 5.74) is 0.103. The smallest absolute Gasteiger partial charge is 0.337 e. The van der Waals surface area contributed by atoms with Crippen molar-refractivity contribution in [2.45, 2.75) is 25.8 Å². The van der Waals surface area contributed by atoms with E-state index in [-0.39, 0.29) is 17.3 Å². The van der Waals surface area contributed by atoms with Gasteiger partial charge in [0, 0.05) is 12.6 Å². The molecule has 104 valence electrons. The fraction of sp³-hybridized carbons (Fsp3) is 0.500. The van der Waals surface area contributed by atoms with E-state index in [4.69, 9.17) is 5.11 Å². The second-order valence-electron chi connectivity index (χ2n) is 4.84. The highest BCUT2D eigenvalue weighted by Crippen LogP contribution is 2.23. The van der Waals surface area contributed by atoms with Crippen LogP contribution in [-0.4, -0.2) is 41.7 Å². The van der Waals surface area contributed by atoms with Crippen molar-refractivity contribution in [1.29, 1.82) is 0 Å². The standard InChI is InChI=1S/C14H19FN2O2/c1-2-17-8-4-5-10(9-17)16-13-11(14(18)19)6-3-7-12(13)15/h3,6-7,10,16H,2,4-5,8-9H2,1H3,(H,18,19). The molecule has 0 amide bonds. The average Bonchev–Trinajstić information content (AvgIpc) is 2.41. The predicted molar refractivity (Wildman–Crippen MR) is 72.1 cm³/mol. The molecule has 0 aliphatic carbocycles. The van der Waals surface area contributed by atoms with Crippen LogP contribution in [0.1, 0.15) is 30.1 Å². The highest BCUT2D eigenvalue weighted by molar-refractivity contribution is 5.94. The van der Waals surface area contributed by atoms with Crippen molar-refractivity contribution in [3.05, 3.63) is 29.6 Å². The largest absolute Gasteiger partial charge is 0.478 e. The first-order valence-corrected chi connectivity index (χ1v) is 6.62. The summed E-state index contributed by atoms with van der Waals surface area (Å²) < 4.78 is 13.8. The lowest BCUT2D eigenvalue weighted by Crippen LogP contribution is -2.42. The third kappa shape index (κ3) is 3.23. The van der Waals surface area contributed by atoms with Crippen molar-refractivity contribution in [3.63, 3.8) is 0 Å². The van der Waals surface area contributed by atoms with Gasteiger partial charge < -0.3 is 15.3 Å². The molecule has 4 nitrogen and oxygen atoms in total. The molecule has 19 heavy (non-hydrogen) atoms. The van der Waals surface area contributed by atoms with Crippen molar-refractivity contribution in [2.75, 3.05) is 25.0 Å². The zero-order valence-corrected chi connectivity index (χ0v) is 11.0. The molecular weight excluding hydrogens is 247 g/mol. The number of halogens is 1. The summed E-state index contributed by atoms with van der Waals surface area (Å²) in [5, 5.41) is 12.2. The maximum absolute atomic E-state index is 13.8. The minimum atomic E-state index is -1.11. The van der Waals surface area contributed by atoms with Crippen LogP contribution in [0.3, 0.4) is 0 Å². The van der Waals surface area contributed by atoms with Gasteiger partial charge in [0.2, 0.25) is 0 Å². The zero-order chi connectivity index (χ0) is 13.8. The number of hydrogen-bond acceptors (Lipinski definition) is 3. The molecule has 0 radical (unpaired) electrons. The molecule has 0 spiro atoms. The number of carbonyl (C=O) groups is 1. The molecule has 1 aliphatic rings. The third-order valence-electron chi connectivity index (χ3n) is 3.55. The Morgan fingerprint density at radius 1 is 1.58 bits per heavy atom. The van der Waals surface area contributed by atoms with Crippen LogP contribution in [0.25, 0.3) is 0 Å². The van der Waals surface area contributed by atoms with E-state index < -0.39 is 11.8 Å². The first-order valence-electron chi connectivity index (χ1n) is 6.62. The summed E-state index contributed by atoms with van der Waals surface area (Å²) >= 11 is 0. The number of likely N-dealkylation sites (N-methyl/N-ethyl adjacent to an activating group) is 1. The molecule has 1 saturated heterocycles. The number of rotatable bonds is 4. The monoisotopic (exact) mass is 266 g/mol. The summed E-state index contributed by atoms with van der Waals surface area (Å²) in [6.07, 6.45) is 1.98. The molecular formula is C14H19FN2O2. The van der Waals surface area contributed by atoms with Crippen LogP contribution < -0.4 is 5.32 Å². The number of piperidine rings is 1. The molecule has 1 heterocycles. The Labute approximate surface area is 112 Å². The summed E-state index contributed by atoms with van der Waals surface area (Å²) in [5.74, 6) is -1.61. The molecule has 1 atom stereocenters. The number of nitrogens with one attached hydrogen (secondary N) is 1. The van der Waals surface area contributed by atoms with E-state index in [0.29, 0.717) is 0 Å². The van der Waals surface area contributed by atoms with E-state index in [9.17, 15) is 9.18 Å². The molecule has 0 bridgehead atoms.